The number of nitrogens with zero attached hydrogens (tertiary/aromatic N) is 3. The van der Waals surface area contributed by atoms with Crippen molar-refractivity contribution in [3.8, 4) is 0 Å². The highest BCUT2D eigenvalue weighted by molar-refractivity contribution is 5.94. The van der Waals surface area contributed by atoms with Crippen molar-refractivity contribution in [1.29, 1.82) is 0 Å². The predicted octanol–water partition coefficient (Wildman–Crippen LogP) is 2.98. The minimum atomic E-state index is -4.79. The van der Waals surface area contributed by atoms with E-state index < -0.39 is 23.5 Å². The molecular formula is C15H8F3N3O2. The lowest BCUT2D eigenvalue weighted by atomic mass is 10.2. The van der Waals surface area contributed by atoms with Gasteiger partial charge < -0.3 is 4.42 Å². The molecule has 0 aliphatic rings. The van der Waals surface area contributed by atoms with Crippen LogP contribution < -0.4 is 5.36 Å². The lowest BCUT2D eigenvalue weighted by molar-refractivity contribution is -0.141. The molecule has 0 aliphatic carbocycles. The van der Waals surface area contributed by atoms with Crippen molar-refractivity contribution in [1.82, 2.24) is 9.97 Å². The molecule has 0 bridgehead atoms. The summed E-state index contributed by atoms with van der Waals surface area (Å²) in [5.41, 5.74) is -1.75. The molecule has 0 N–H and O–H groups in total. The first-order valence-corrected chi connectivity index (χ1v) is 6.40. The van der Waals surface area contributed by atoms with Crippen LogP contribution in [0.2, 0.25) is 0 Å². The Morgan fingerprint density at radius 3 is 2.61 bits per heavy atom. The monoisotopic (exact) mass is 319 g/mol. The number of aromatic nitrogens is 2. The molecule has 0 atom stereocenters. The molecule has 3 aromatic rings. The molecule has 0 fully saturated rings. The number of rotatable bonds is 1. The number of carbonyl (C=O) groups is 1. The summed E-state index contributed by atoms with van der Waals surface area (Å²) in [4.78, 5) is 22.5. The molecule has 1 amide bonds. The smallest absolute Gasteiger partial charge is 0.435 e. The Morgan fingerprint density at radius 2 is 1.83 bits per heavy atom. The van der Waals surface area contributed by atoms with E-state index in [1.165, 1.54) is 12.3 Å². The molecule has 0 aliphatic heterocycles. The lowest BCUT2D eigenvalue weighted by Crippen LogP contribution is -2.18. The average molecular weight is 319 g/mol. The Morgan fingerprint density at radius 1 is 1.09 bits per heavy atom. The number of amides is 1. The number of alkyl halides is 3. The number of benzene rings is 1. The Labute approximate surface area is 127 Å². The lowest BCUT2D eigenvalue weighted by Gasteiger charge is -2.07. The molecule has 23 heavy (non-hydrogen) atoms. The highest BCUT2D eigenvalue weighted by Gasteiger charge is 2.38. The molecule has 5 nitrogen and oxygen atoms in total. The van der Waals surface area contributed by atoms with Crippen LogP contribution >= 0.6 is 0 Å². The Hall–Kier alpha value is -3.03. The number of fused-ring (bicyclic) bond motifs is 1. The number of halogens is 3. The van der Waals surface area contributed by atoms with Gasteiger partial charge in [0.05, 0.1) is 11.6 Å². The molecule has 116 valence electrons. The van der Waals surface area contributed by atoms with Gasteiger partial charge in [-0.05, 0) is 18.2 Å². The van der Waals surface area contributed by atoms with E-state index in [-0.39, 0.29) is 5.36 Å². The van der Waals surface area contributed by atoms with E-state index in [4.69, 9.17) is 4.42 Å². The van der Waals surface area contributed by atoms with Gasteiger partial charge >= 0.3 is 6.18 Å². The molecule has 0 saturated heterocycles. The topological polar surface area (TPSA) is 68.3 Å². The summed E-state index contributed by atoms with van der Waals surface area (Å²) < 4.78 is 43.9. The largest absolute Gasteiger partial charge is 0.464 e. The maximum absolute atomic E-state index is 12.9. The Bertz CT molecular complexity index is 943. The van der Waals surface area contributed by atoms with E-state index in [2.05, 4.69) is 15.0 Å². The van der Waals surface area contributed by atoms with Gasteiger partial charge in [-0.1, -0.05) is 12.1 Å². The van der Waals surface area contributed by atoms with Gasteiger partial charge in [0.15, 0.2) is 11.4 Å². The zero-order valence-corrected chi connectivity index (χ0v) is 11.4. The van der Waals surface area contributed by atoms with E-state index >= 15 is 0 Å². The Kier molecular flexibility index (Phi) is 3.65. The van der Waals surface area contributed by atoms with Crippen molar-refractivity contribution >= 4 is 16.9 Å². The van der Waals surface area contributed by atoms with E-state index in [1.54, 1.807) is 24.3 Å². The molecule has 0 unspecified atom stereocenters. The highest BCUT2D eigenvalue weighted by atomic mass is 19.4. The van der Waals surface area contributed by atoms with Crippen LogP contribution in [0.25, 0.3) is 11.0 Å². The molecule has 0 spiro atoms. The molecule has 0 radical (unpaired) electrons. The summed E-state index contributed by atoms with van der Waals surface area (Å²) in [5.74, 6) is -1.12. The zero-order valence-electron chi connectivity index (χ0n) is 11.4. The molecule has 2 aromatic heterocycles. The number of para-hydroxylation sites is 1. The highest BCUT2D eigenvalue weighted by Crippen LogP contribution is 2.29. The summed E-state index contributed by atoms with van der Waals surface area (Å²) in [6.07, 6.45) is -1.61. The SMILES string of the molecule is O=C(N=c1ccoc2ccccc12)c1nccnc1C(F)(F)F. The van der Waals surface area contributed by atoms with E-state index in [0.717, 1.165) is 12.4 Å². The van der Waals surface area contributed by atoms with Gasteiger partial charge in [-0.25, -0.2) is 15.0 Å². The van der Waals surface area contributed by atoms with Crippen LogP contribution in [-0.4, -0.2) is 15.9 Å². The second-order valence-electron chi connectivity index (χ2n) is 4.47. The van der Waals surface area contributed by atoms with E-state index in [1.807, 2.05) is 0 Å². The van der Waals surface area contributed by atoms with Crippen molar-refractivity contribution in [3.05, 3.63) is 65.7 Å². The molecule has 3 rings (SSSR count). The molecule has 1 aromatic carbocycles. The third kappa shape index (κ3) is 2.96. The molecule has 2 heterocycles. The number of hydrogen-bond donors (Lipinski definition) is 0. The van der Waals surface area contributed by atoms with Crippen LogP contribution in [0.5, 0.6) is 0 Å². The normalized spacial score (nSPS) is 12.6. The van der Waals surface area contributed by atoms with Crippen molar-refractivity contribution < 1.29 is 22.4 Å². The summed E-state index contributed by atoms with van der Waals surface area (Å²) in [6, 6.07) is 8.12. The van der Waals surface area contributed by atoms with Crippen molar-refractivity contribution in [3.63, 3.8) is 0 Å². The fourth-order valence-corrected chi connectivity index (χ4v) is 2.00. The number of hydrogen-bond acceptors (Lipinski definition) is 4. The molecule has 0 saturated carbocycles. The first-order valence-electron chi connectivity index (χ1n) is 6.40. The minimum Gasteiger partial charge on any atom is -0.464 e. The van der Waals surface area contributed by atoms with Crippen LogP contribution in [0.1, 0.15) is 16.2 Å². The summed E-state index contributed by atoms with van der Waals surface area (Å²) >= 11 is 0. The first kappa shape index (κ1) is 14.9. The quantitative estimate of drug-likeness (QED) is 0.691. The van der Waals surface area contributed by atoms with E-state index in [0.29, 0.717) is 11.0 Å². The minimum absolute atomic E-state index is 0.190. The third-order valence-electron chi connectivity index (χ3n) is 2.98. The average Bonchev–Trinajstić information content (AvgIpc) is 2.54. The molecular weight excluding hydrogens is 311 g/mol. The van der Waals surface area contributed by atoms with Crippen LogP contribution in [0.3, 0.4) is 0 Å². The second-order valence-corrected chi connectivity index (χ2v) is 4.47. The van der Waals surface area contributed by atoms with Gasteiger partial charge in [0.1, 0.15) is 5.58 Å². The van der Waals surface area contributed by atoms with Crippen LogP contribution in [0, 0.1) is 0 Å². The van der Waals surface area contributed by atoms with Gasteiger partial charge in [-0.15, -0.1) is 0 Å². The van der Waals surface area contributed by atoms with Crippen molar-refractivity contribution in [2.45, 2.75) is 6.18 Å². The van der Waals surface area contributed by atoms with E-state index in [9.17, 15) is 18.0 Å². The predicted molar refractivity (Wildman–Crippen MR) is 73.1 cm³/mol. The van der Waals surface area contributed by atoms with Crippen LogP contribution in [0.15, 0.2) is 58.4 Å². The second kappa shape index (κ2) is 5.64. The van der Waals surface area contributed by atoms with Crippen molar-refractivity contribution in [2.75, 3.05) is 0 Å². The first-order chi connectivity index (χ1) is 11.0. The van der Waals surface area contributed by atoms with Gasteiger partial charge in [0, 0.05) is 17.8 Å². The third-order valence-corrected chi connectivity index (χ3v) is 2.98. The van der Waals surface area contributed by atoms with Gasteiger partial charge in [-0.2, -0.15) is 13.2 Å². The maximum atomic E-state index is 12.9. The fraction of sp³-hybridized carbons (Fsp3) is 0.0667. The van der Waals surface area contributed by atoms with Gasteiger partial charge in [-0.3, -0.25) is 4.79 Å². The summed E-state index contributed by atoms with van der Waals surface area (Å²) in [5, 5.41) is 0.691. The maximum Gasteiger partial charge on any atom is 0.435 e. The fourth-order valence-electron chi connectivity index (χ4n) is 2.00. The number of carbonyl (C=O) groups excluding carboxylic acids is 1. The van der Waals surface area contributed by atoms with Gasteiger partial charge in [0.25, 0.3) is 5.91 Å². The summed E-state index contributed by atoms with van der Waals surface area (Å²) in [7, 11) is 0. The Balaban J connectivity index is 2.15. The molecule has 8 heteroatoms. The standard InChI is InChI=1S/C15H8F3N3O2/c16-15(17,18)13-12(19-6-7-20-13)14(22)21-10-5-8-23-11-4-2-1-3-9(10)11/h1-8H. The van der Waals surface area contributed by atoms with Crippen molar-refractivity contribution in [2.24, 2.45) is 4.99 Å². The summed E-state index contributed by atoms with van der Waals surface area (Å²) in [6.45, 7) is 0. The van der Waals surface area contributed by atoms with Crippen LogP contribution in [-0.2, 0) is 6.18 Å². The zero-order chi connectivity index (χ0) is 16.4. The van der Waals surface area contributed by atoms with Gasteiger partial charge in [0.2, 0.25) is 0 Å². The van der Waals surface area contributed by atoms with Crippen LogP contribution in [0.4, 0.5) is 13.2 Å².